The van der Waals surface area contributed by atoms with Crippen molar-refractivity contribution in [2.75, 3.05) is 26.5 Å². The molecule has 0 aliphatic heterocycles. The summed E-state index contributed by atoms with van der Waals surface area (Å²) >= 11 is 3.38. The largest absolute Gasteiger partial charge is 0.496 e. The molecule has 0 heterocycles. The molecule has 0 unspecified atom stereocenters. The molecule has 0 atom stereocenters. The fourth-order valence-electron chi connectivity index (χ4n) is 2.34. The number of carbonyl (C=O) groups is 1. The van der Waals surface area contributed by atoms with E-state index in [4.69, 9.17) is 4.74 Å². The number of hydrogen-bond acceptors (Lipinski definition) is 4. The maximum atomic E-state index is 12.4. The number of sulfonamides is 1. The van der Waals surface area contributed by atoms with Crippen molar-refractivity contribution in [3.63, 3.8) is 0 Å². The third-order valence-electron chi connectivity index (χ3n) is 3.82. The van der Waals surface area contributed by atoms with Crippen LogP contribution in [-0.4, -0.2) is 39.8 Å². The molecular formula is C19H21BrN2O4S. The molecule has 27 heavy (non-hydrogen) atoms. The van der Waals surface area contributed by atoms with Crippen molar-refractivity contribution < 1.29 is 17.9 Å². The quantitative estimate of drug-likeness (QED) is 0.678. The van der Waals surface area contributed by atoms with Gasteiger partial charge in [-0.3, -0.25) is 4.79 Å². The van der Waals surface area contributed by atoms with Gasteiger partial charge in [0.05, 0.1) is 12.0 Å². The van der Waals surface area contributed by atoms with Crippen LogP contribution in [0.2, 0.25) is 0 Å². The van der Waals surface area contributed by atoms with E-state index in [0.29, 0.717) is 17.0 Å². The van der Waals surface area contributed by atoms with Crippen LogP contribution in [0.3, 0.4) is 0 Å². The number of ether oxygens (including phenoxy) is 1. The Labute approximate surface area is 168 Å². The summed E-state index contributed by atoms with van der Waals surface area (Å²) in [6.45, 7) is 1.71. The topological polar surface area (TPSA) is 75.7 Å². The molecule has 2 aromatic carbocycles. The summed E-state index contributed by atoms with van der Waals surface area (Å²) in [5, 5.41) is 2.68. The molecule has 0 aliphatic carbocycles. The molecule has 1 N–H and O–H groups in total. The van der Waals surface area contributed by atoms with Crippen LogP contribution in [-0.2, 0) is 14.8 Å². The summed E-state index contributed by atoms with van der Waals surface area (Å²) in [7, 11) is 0.895. The highest BCUT2D eigenvalue weighted by Crippen LogP contribution is 2.25. The van der Waals surface area contributed by atoms with Crippen molar-refractivity contribution >= 4 is 43.6 Å². The lowest BCUT2D eigenvalue weighted by atomic mass is 10.2. The highest BCUT2D eigenvalue weighted by molar-refractivity contribution is 9.10. The van der Waals surface area contributed by atoms with E-state index >= 15 is 0 Å². The molecule has 2 rings (SSSR count). The lowest BCUT2D eigenvalue weighted by molar-refractivity contribution is -0.111. The summed E-state index contributed by atoms with van der Waals surface area (Å²) in [5.74, 6) is 0.256. The zero-order valence-electron chi connectivity index (χ0n) is 15.5. The van der Waals surface area contributed by atoms with E-state index in [0.717, 1.165) is 14.3 Å². The number of anilines is 1. The number of nitrogens with zero attached hydrogens (tertiary/aromatic N) is 1. The van der Waals surface area contributed by atoms with E-state index < -0.39 is 10.0 Å². The van der Waals surface area contributed by atoms with Crippen LogP contribution in [0.25, 0.3) is 6.08 Å². The SMILES string of the molecule is COc1ccc(Br)cc1C=CC(=O)Nc1ccc(C)c(S(=O)(=O)N(C)C)c1. The molecule has 6 nitrogen and oxygen atoms in total. The molecule has 0 fully saturated rings. The predicted octanol–water partition coefficient (Wildman–Crippen LogP) is 3.67. The smallest absolute Gasteiger partial charge is 0.248 e. The van der Waals surface area contributed by atoms with Gasteiger partial charge in [-0.2, -0.15) is 0 Å². The van der Waals surface area contributed by atoms with Crippen LogP contribution < -0.4 is 10.1 Å². The zero-order valence-corrected chi connectivity index (χ0v) is 17.9. The normalized spacial score (nSPS) is 11.8. The number of rotatable bonds is 6. The average molecular weight is 453 g/mol. The minimum Gasteiger partial charge on any atom is -0.496 e. The van der Waals surface area contributed by atoms with E-state index in [2.05, 4.69) is 21.2 Å². The van der Waals surface area contributed by atoms with Gasteiger partial charge in [0.25, 0.3) is 0 Å². The molecule has 0 bridgehead atoms. The third kappa shape index (κ3) is 5.18. The second-order valence-electron chi connectivity index (χ2n) is 5.98. The summed E-state index contributed by atoms with van der Waals surface area (Å²) in [5.41, 5.74) is 1.75. The summed E-state index contributed by atoms with van der Waals surface area (Å²) in [4.78, 5) is 12.4. The lowest BCUT2D eigenvalue weighted by Crippen LogP contribution is -2.23. The number of benzene rings is 2. The summed E-state index contributed by atoms with van der Waals surface area (Å²) in [6.07, 6.45) is 2.99. The molecule has 0 spiro atoms. The van der Waals surface area contributed by atoms with Gasteiger partial charge in [-0.15, -0.1) is 0 Å². The Morgan fingerprint density at radius 2 is 1.89 bits per heavy atom. The van der Waals surface area contributed by atoms with Gasteiger partial charge in [0.2, 0.25) is 15.9 Å². The van der Waals surface area contributed by atoms with Crippen molar-refractivity contribution in [1.29, 1.82) is 0 Å². The Morgan fingerprint density at radius 1 is 1.19 bits per heavy atom. The molecule has 2 aromatic rings. The number of carbonyl (C=O) groups excluding carboxylic acids is 1. The van der Waals surface area contributed by atoms with Gasteiger partial charge >= 0.3 is 0 Å². The third-order valence-corrected chi connectivity index (χ3v) is 6.27. The van der Waals surface area contributed by atoms with Gasteiger partial charge in [-0.25, -0.2) is 12.7 Å². The van der Waals surface area contributed by atoms with Crippen LogP contribution in [0.4, 0.5) is 5.69 Å². The number of amides is 1. The molecule has 0 saturated heterocycles. The number of methoxy groups -OCH3 is 1. The van der Waals surface area contributed by atoms with Crippen molar-refractivity contribution in [3.8, 4) is 5.75 Å². The van der Waals surface area contributed by atoms with Crippen LogP contribution in [0.1, 0.15) is 11.1 Å². The fourth-order valence-corrected chi connectivity index (χ4v) is 3.86. The first-order valence-corrected chi connectivity index (χ1v) is 10.2. The molecule has 0 aliphatic rings. The van der Waals surface area contributed by atoms with Gasteiger partial charge in [-0.05, 0) is 48.9 Å². The first-order valence-electron chi connectivity index (χ1n) is 8.01. The zero-order chi connectivity index (χ0) is 20.2. The molecule has 1 amide bonds. The summed E-state index contributed by atoms with van der Waals surface area (Å²) in [6, 6.07) is 10.2. The molecule has 0 saturated carbocycles. The second kappa shape index (κ2) is 8.69. The second-order valence-corrected chi connectivity index (χ2v) is 9.01. The molecular weight excluding hydrogens is 432 g/mol. The monoisotopic (exact) mass is 452 g/mol. The highest BCUT2D eigenvalue weighted by Gasteiger charge is 2.20. The minimum atomic E-state index is -3.59. The maximum absolute atomic E-state index is 12.4. The fraction of sp³-hybridized carbons (Fsp3) is 0.211. The molecule has 0 aromatic heterocycles. The Bertz CT molecular complexity index is 985. The lowest BCUT2D eigenvalue weighted by Gasteiger charge is -2.14. The van der Waals surface area contributed by atoms with Crippen LogP contribution in [0, 0.1) is 6.92 Å². The first kappa shape index (κ1) is 21.1. The van der Waals surface area contributed by atoms with Gasteiger partial charge in [0, 0.05) is 35.9 Å². The van der Waals surface area contributed by atoms with Gasteiger partial charge < -0.3 is 10.1 Å². The van der Waals surface area contributed by atoms with Crippen LogP contribution in [0.5, 0.6) is 5.75 Å². The number of aryl methyl sites for hydroxylation is 1. The Hall–Kier alpha value is -2.16. The Balaban J connectivity index is 2.23. The molecule has 8 heteroatoms. The Kier molecular flexibility index (Phi) is 6.80. The van der Waals surface area contributed by atoms with E-state index in [1.807, 2.05) is 12.1 Å². The predicted molar refractivity (Wildman–Crippen MR) is 110 cm³/mol. The highest BCUT2D eigenvalue weighted by atomic mass is 79.9. The summed E-state index contributed by atoms with van der Waals surface area (Å²) < 4.78 is 32.0. The van der Waals surface area contributed by atoms with E-state index in [1.54, 1.807) is 38.3 Å². The van der Waals surface area contributed by atoms with Crippen LogP contribution in [0.15, 0.2) is 51.8 Å². The van der Waals surface area contributed by atoms with Gasteiger partial charge in [-0.1, -0.05) is 22.0 Å². The van der Waals surface area contributed by atoms with E-state index in [9.17, 15) is 13.2 Å². The first-order chi connectivity index (χ1) is 12.6. The van der Waals surface area contributed by atoms with Crippen molar-refractivity contribution in [1.82, 2.24) is 4.31 Å². The maximum Gasteiger partial charge on any atom is 0.248 e. The standard InChI is InChI=1S/C19H21BrN2O4S/c1-13-5-8-16(12-18(13)27(24,25)22(2)3)21-19(23)10-6-14-11-15(20)7-9-17(14)26-4/h5-12H,1-4H3,(H,21,23). The molecule has 0 radical (unpaired) electrons. The van der Waals surface area contributed by atoms with Crippen molar-refractivity contribution in [3.05, 3.63) is 58.1 Å². The van der Waals surface area contributed by atoms with E-state index in [-0.39, 0.29) is 10.8 Å². The molecule has 144 valence electrons. The van der Waals surface area contributed by atoms with Gasteiger partial charge in [0.15, 0.2) is 0 Å². The van der Waals surface area contributed by atoms with Gasteiger partial charge in [0.1, 0.15) is 5.75 Å². The van der Waals surface area contributed by atoms with Crippen molar-refractivity contribution in [2.24, 2.45) is 0 Å². The van der Waals surface area contributed by atoms with E-state index in [1.165, 1.54) is 26.2 Å². The van der Waals surface area contributed by atoms with Crippen molar-refractivity contribution in [2.45, 2.75) is 11.8 Å². The Morgan fingerprint density at radius 3 is 2.52 bits per heavy atom. The minimum absolute atomic E-state index is 0.155. The van der Waals surface area contributed by atoms with Crippen LogP contribution >= 0.6 is 15.9 Å². The number of halogens is 1. The number of nitrogens with one attached hydrogen (secondary N) is 1. The number of hydrogen-bond donors (Lipinski definition) is 1. The average Bonchev–Trinajstić information content (AvgIpc) is 2.61.